The van der Waals surface area contributed by atoms with Gasteiger partial charge < -0.3 is 20.1 Å². The topological polar surface area (TPSA) is 134 Å². The maximum absolute atomic E-state index is 12.5. The van der Waals surface area contributed by atoms with Gasteiger partial charge in [0, 0.05) is 19.4 Å². The summed E-state index contributed by atoms with van der Waals surface area (Å²) in [6.45, 7) is 5.20. The maximum atomic E-state index is 12.5. The molecule has 0 heterocycles. The third-order valence-corrected chi connectivity index (χ3v) is 9.63. The Kier molecular flexibility index (Phi) is 36.7. The molecule has 10 heteroatoms. The van der Waals surface area contributed by atoms with Crippen LogP contribution in [0.3, 0.4) is 0 Å². The van der Waals surface area contributed by atoms with Crippen molar-refractivity contribution in [2.75, 3.05) is 26.4 Å². The Morgan fingerprint density at radius 1 is 0.647 bits per heavy atom. The molecule has 9 nitrogen and oxygen atoms in total. The summed E-state index contributed by atoms with van der Waals surface area (Å²) in [6.07, 6.45) is 39.2. The van der Waals surface area contributed by atoms with Crippen molar-refractivity contribution in [3.8, 4) is 0 Å². The summed E-state index contributed by atoms with van der Waals surface area (Å²) in [5, 5.41) is 0. The first-order valence-electron chi connectivity index (χ1n) is 20.4. The van der Waals surface area contributed by atoms with Gasteiger partial charge >= 0.3 is 19.8 Å². The summed E-state index contributed by atoms with van der Waals surface area (Å²) in [5.41, 5.74) is 5.34. The highest BCUT2D eigenvalue weighted by Crippen LogP contribution is 2.43. The van der Waals surface area contributed by atoms with Gasteiger partial charge in [-0.2, -0.15) is 0 Å². The van der Waals surface area contributed by atoms with Crippen LogP contribution >= 0.6 is 7.82 Å². The van der Waals surface area contributed by atoms with Crippen LogP contribution in [0.4, 0.5) is 0 Å². The zero-order valence-corrected chi connectivity index (χ0v) is 33.3. The molecule has 0 fully saturated rings. The molecule has 0 aromatic heterocycles. The molecule has 298 valence electrons. The highest BCUT2D eigenvalue weighted by atomic mass is 31.2. The maximum Gasteiger partial charge on any atom is 0.472 e. The van der Waals surface area contributed by atoms with E-state index in [1.54, 1.807) is 0 Å². The number of unbranched alkanes of at least 4 members (excludes halogenated alkanes) is 21. The van der Waals surface area contributed by atoms with Crippen LogP contribution in [0, 0.1) is 0 Å². The number of carbonyl (C=O) groups is 2. The lowest BCUT2D eigenvalue weighted by Crippen LogP contribution is -2.29. The first-order valence-corrected chi connectivity index (χ1v) is 21.9. The van der Waals surface area contributed by atoms with Gasteiger partial charge in [0.1, 0.15) is 6.61 Å². The molecule has 51 heavy (non-hydrogen) atoms. The van der Waals surface area contributed by atoms with Crippen molar-refractivity contribution >= 4 is 19.8 Å². The SMILES string of the molecule is C=CCCCCCCCCCCCCCCCC(=O)O[C@H](COC(=O)CCCCCCC/C=C/C/C=C/CCCCC)COP(=O)(O)OCCN. The van der Waals surface area contributed by atoms with Crippen LogP contribution in [0.15, 0.2) is 37.0 Å². The number of hydrogen-bond acceptors (Lipinski definition) is 8. The quantitative estimate of drug-likeness (QED) is 0.0273. The standard InChI is InChI=1S/C41H76NO8P/c1-3-5-7-9-11-13-15-17-19-21-23-25-27-29-31-33-40(43)47-37-39(38-49-51(45,46)48-36-35-42)50-41(44)34-32-30-28-26-24-22-20-18-16-14-12-10-8-6-4-2/h4,11,13,17,19,39H,2-3,5-10,12,14-16,18,20-38,42H2,1H3,(H,45,46)/b13-11+,19-17+/t39-/m1/s1. The van der Waals surface area contributed by atoms with E-state index in [9.17, 15) is 19.0 Å². The van der Waals surface area contributed by atoms with Crippen molar-refractivity contribution in [2.24, 2.45) is 5.73 Å². The summed E-state index contributed by atoms with van der Waals surface area (Å²) in [6, 6.07) is 0. The van der Waals surface area contributed by atoms with Crippen LogP contribution in [0.1, 0.15) is 180 Å². The Hall–Kier alpha value is -1.77. The van der Waals surface area contributed by atoms with Gasteiger partial charge in [0.05, 0.1) is 13.2 Å². The van der Waals surface area contributed by atoms with Crippen molar-refractivity contribution in [3.63, 3.8) is 0 Å². The first kappa shape index (κ1) is 49.2. The number of phosphoric acid groups is 1. The average Bonchev–Trinajstić information content (AvgIpc) is 3.11. The summed E-state index contributed by atoms with van der Waals surface area (Å²) in [4.78, 5) is 34.8. The Morgan fingerprint density at radius 2 is 1.12 bits per heavy atom. The minimum atomic E-state index is -4.38. The second-order valence-corrected chi connectivity index (χ2v) is 15.0. The summed E-state index contributed by atoms with van der Waals surface area (Å²) >= 11 is 0. The fourth-order valence-corrected chi connectivity index (χ4v) is 6.35. The van der Waals surface area contributed by atoms with E-state index in [4.69, 9.17) is 24.3 Å². The normalized spacial score (nSPS) is 13.5. The van der Waals surface area contributed by atoms with Crippen LogP contribution in [0.2, 0.25) is 0 Å². The highest BCUT2D eigenvalue weighted by Gasteiger charge is 2.26. The highest BCUT2D eigenvalue weighted by molar-refractivity contribution is 7.47. The van der Waals surface area contributed by atoms with E-state index in [0.717, 1.165) is 64.2 Å². The predicted molar refractivity (Wildman–Crippen MR) is 210 cm³/mol. The molecule has 0 aliphatic rings. The lowest BCUT2D eigenvalue weighted by atomic mass is 10.0. The van der Waals surface area contributed by atoms with E-state index in [0.29, 0.717) is 12.8 Å². The van der Waals surface area contributed by atoms with Gasteiger partial charge in [0.25, 0.3) is 0 Å². The van der Waals surface area contributed by atoms with Gasteiger partial charge in [-0.1, -0.05) is 140 Å². The number of rotatable bonds is 39. The van der Waals surface area contributed by atoms with Crippen molar-refractivity contribution in [1.82, 2.24) is 0 Å². The second-order valence-electron chi connectivity index (χ2n) is 13.6. The summed E-state index contributed by atoms with van der Waals surface area (Å²) < 4.78 is 32.7. The molecular formula is C41H76NO8P. The number of esters is 2. The smallest absolute Gasteiger partial charge is 0.462 e. The molecule has 0 aliphatic heterocycles. The molecule has 1 unspecified atom stereocenters. The molecule has 0 bridgehead atoms. The van der Waals surface area contributed by atoms with Crippen molar-refractivity contribution in [1.29, 1.82) is 0 Å². The largest absolute Gasteiger partial charge is 0.472 e. The minimum Gasteiger partial charge on any atom is -0.462 e. The Bertz CT molecular complexity index is 925. The van der Waals surface area contributed by atoms with Gasteiger partial charge in [-0.05, 0) is 57.8 Å². The molecule has 0 saturated carbocycles. The van der Waals surface area contributed by atoms with Crippen molar-refractivity contribution in [2.45, 2.75) is 186 Å². The molecule has 0 aromatic carbocycles. The van der Waals surface area contributed by atoms with E-state index in [1.807, 2.05) is 6.08 Å². The number of nitrogens with two attached hydrogens (primary N) is 1. The molecule has 0 saturated heterocycles. The van der Waals surface area contributed by atoms with Crippen molar-refractivity contribution in [3.05, 3.63) is 37.0 Å². The minimum absolute atomic E-state index is 0.0507. The average molecular weight is 742 g/mol. The second kappa shape index (κ2) is 38.0. The lowest BCUT2D eigenvalue weighted by Gasteiger charge is -2.19. The Labute approximate surface area is 312 Å². The van der Waals surface area contributed by atoms with E-state index in [2.05, 4.69) is 37.8 Å². The predicted octanol–water partition coefficient (Wildman–Crippen LogP) is 11.4. The van der Waals surface area contributed by atoms with Crippen LogP contribution in [-0.4, -0.2) is 49.3 Å². The molecule has 3 N–H and O–H groups in total. The van der Waals surface area contributed by atoms with Crippen LogP contribution < -0.4 is 5.73 Å². The number of allylic oxidation sites excluding steroid dienone is 5. The monoisotopic (exact) mass is 742 g/mol. The molecule has 0 radical (unpaired) electrons. The molecule has 0 aromatic rings. The first-order chi connectivity index (χ1) is 24.8. The molecule has 0 spiro atoms. The molecule has 0 amide bonds. The fourth-order valence-electron chi connectivity index (χ4n) is 5.59. The Balaban J connectivity index is 4.19. The molecule has 0 aliphatic carbocycles. The van der Waals surface area contributed by atoms with Gasteiger partial charge in [-0.15, -0.1) is 6.58 Å². The summed E-state index contributed by atoms with van der Waals surface area (Å²) in [7, 11) is -4.38. The zero-order chi connectivity index (χ0) is 37.5. The van der Waals surface area contributed by atoms with E-state index >= 15 is 0 Å². The van der Waals surface area contributed by atoms with E-state index in [-0.39, 0.29) is 32.6 Å². The molecule has 2 atom stereocenters. The number of phosphoric ester groups is 1. The van der Waals surface area contributed by atoms with Gasteiger partial charge in [-0.3, -0.25) is 18.6 Å². The van der Waals surface area contributed by atoms with Gasteiger partial charge in [0.2, 0.25) is 0 Å². The third-order valence-electron chi connectivity index (χ3n) is 8.64. The number of carbonyl (C=O) groups excluding carboxylic acids is 2. The zero-order valence-electron chi connectivity index (χ0n) is 32.4. The Morgan fingerprint density at radius 3 is 1.63 bits per heavy atom. The van der Waals surface area contributed by atoms with Gasteiger partial charge in [0.15, 0.2) is 6.10 Å². The summed E-state index contributed by atoms with van der Waals surface area (Å²) in [5.74, 6) is -0.846. The lowest BCUT2D eigenvalue weighted by molar-refractivity contribution is -0.161. The van der Waals surface area contributed by atoms with Crippen molar-refractivity contribution < 1.29 is 37.6 Å². The van der Waals surface area contributed by atoms with Crippen LogP contribution in [-0.2, 0) is 32.7 Å². The fraction of sp³-hybridized carbons (Fsp3) is 0.805. The number of ether oxygens (including phenoxy) is 2. The van der Waals surface area contributed by atoms with E-state index in [1.165, 1.54) is 83.5 Å². The molecular weight excluding hydrogens is 665 g/mol. The van der Waals surface area contributed by atoms with E-state index < -0.39 is 32.5 Å². The number of hydrogen-bond donors (Lipinski definition) is 2. The van der Waals surface area contributed by atoms with Crippen LogP contribution in [0.5, 0.6) is 0 Å². The third kappa shape index (κ3) is 37.8. The van der Waals surface area contributed by atoms with Gasteiger partial charge in [-0.25, -0.2) is 4.57 Å². The molecule has 0 rings (SSSR count). The van der Waals surface area contributed by atoms with Crippen LogP contribution in [0.25, 0.3) is 0 Å².